The molecule has 0 aliphatic carbocycles. The van der Waals surface area contributed by atoms with Gasteiger partial charge in [0, 0.05) is 11.1 Å². The first kappa shape index (κ1) is 16.2. The highest BCUT2D eigenvalue weighted by molar-refractivity contribution is 9.10. The van der Waals surface area contributed by atoms with Crippen molar-refractivity contribution in [2.45, 2.75) is 19.9 Å². The molecule has 1 aromatic carbocycles. The van der Waals surface area contributed by atoms with Gasteiger partial charge in [0.05, 0.1) is 6.61 Å². The minimum Gasteiger partial charge on any atom is -0.465 e. The van der Waals surface area contributed by atoms with Crippen molar-refractivity contribution in [1.82, 2.24) is 5.09 Å². The van der Waals surface area contributed by atoms with Crippen molar-refractivity contribution in [1.29, 1.82) is 0 Å². The second-order valence-electron chi connectivity index (χ2n) is 3.99. The number of carbonyl (C=O) groups is 1. The van der Waals surface area contributed by atoms with Gasteiger partial charge in [0.1, 0.15) is 11.8 Å². The number of hydrogen-bond acceptors (Lipinski definition) is 4. The van der Waals surface area contributed by atoms with Crippen LogP contribution in [0, 0.1) is 0 Å². The van der Waals surface area contributed by atoms with E-state index in [1.165, 1.54) is 6.66 Å². The van der Waals surface area contributed by atoms with Crippen molar-refractivity contribution in [2.24, 2.45) is 0 Å². The van der Waals surface area contributed by atoms with E-state index in [0.717, 1.165) is 4.47 Å². The Morgan fingerprint density at radius 2 is 2.00 bits per heavy atom. The Kier molecular flexibility index (Phi) is 6.04. The summed E-state index contributed by atoms with van der Waals surface area (Å²) >= 11 is 3.30. The van der Waals surface area contributed by atoms with Crippen LogP contribution in [0.25, 0.3) is 0 Å². The third kappa shape index (κ3) is 5.76. The summed E-state index contributed by atoms with van der Waals surface area (Å²) in [4.78, 5) is 11.5. The van der Waals surface area contributed by atoms with E-state index in [9.17, 15) is 9.36 Å². The highest BCUT2D eigenvalue weighted by atomic mass is 79.9. The first-order valence-corrected chi connectivity index (χ1v) is 8.67. The van der Waals surface area contributed by atoms with Gasteiger partial charge in [-0.15, -0.1) is 0 Å². The summed E-state index contributed by atoms with van der Waals surface area (Å²) < 4.78 is 23.3. The predicted molar refractivity (Wildman–Crippen MR) is 77.5 cm³/mol. The fraction of sp³-hybridized carbons (Fsp3) is 0.417. The highest BCUT2D eigenvalue weighted by Crippen LogP contribution is 2.39. The molecule has 0 aliphatic rings. The second-order valence-corrected chi connectivity index (χ2v) is 7.04. The van der Waals surface area contributed by atoms with E-state index in [1.54, 1.807) is 38.1 Å². The van der Waals surface area contributed by atoms with Gasteiger partial charge in [0.15, 0.2) is 0 Å². The zero-order valence-corrected chi connectivity index (χ0v) is 13.5. The Labute approximate surface area is 121 Å². The summed E-state index contributed by atoms with van der Waals surface area (Å²) in [5.41, 5.74) is 0. The molecule has 0 heterocycles. The zero-order chi connectivity index (χ0) is 14.5. The fourth-order valence-corrected chi connectivity index (χ4v) is 3.04. The lowest BCUT2D eigenvalue weighted by atomic mass is 10.3. The number of hydrogen-bond donors (Lipinski definition) is 1. The number of esters is 1. The van der Waals surface area contributed by atoms with Gasteiger partial charge in [-0.05, 0) is 38.1 Å². The van der Waals surface area contributed by atoms with Crippen LogP contribution in [0.5, 0.6) is 5.75 Å². The molecular weight excluding hydrogens is 333 g/mol. The molecule has 1 aromatic rings. The van der Waals surface area contributed by atoms with Crippen molar-refractivity contribution in [3.05, 3.63) is 28.7 Å². The molecule has 0 radical (unpaired) electrons. The zero-order valence-electron chi connectivity index (χ0n) is 11.1. The van der Waals surface area contributed by atoms with Crippen molar-refractivity contribution >= 4 is 29.4 Å². The lowest BCUT2D eigenvalue weighted by Gasteiger charge is -2.20. The van der Waals surface area contributed by atoms with Crippen molar-refractivity contribution in [3.8, 4) is 5.75 Å². The SMILES string of the molecule is CCOC(=O)[C@H](C)NP(C)(=O)Oc1ccc(Br)cc1. The molecular formula is C12H17BrNO4P. The average Bonchev–Trinajstić information content (AvgIpc) is 2.31. The van der Waals surface area contributed by atoms with E-state index in [0.29, 0.717) is 5.75 Å². The molecule has 1 N–H and O–H groups in total. The predicted octanol–water partition coefficient (Wildman–Crippen LogP) is 3.19. The second kappa shape index (κ2) is 7.08. The van der Waals surface area contributed by atoms with E-state index in [-0.39, 0.29) is 6.61 Å². The Hall–Kier alpha value is -0.840. The normalized spacial score (nSPS) is 15.4. The Morgan fingerprint density at radius 3 is 2.53 bits per heavy atom. The fourth-order valence-electron chi connectivity index (χ4n) is 1.39. The molecule has 19 heavy (non-hydrogen) atoms. The van der Waals surface area contributed by atoms with E-state index in [1.807, 2.05) is 0 Å². The third-order valence-electron chi connectivity index (χ3n) is 2.16. The molecule has 5 nitrogen and oxygen atoms in total. The van der Waals surface area contributed by atoms with Gasteiger partial charge in [-0.25, -0.2) is 5.09 Å². The van der Waals surface area contributed by atoms with E-state index in [2.05, 4.69) is 21.0 Å². The summed E-state index contributed by atoms with van der Waals surface area (Å²) in [5, 5.41) is 2.65. The molecule has 0 saturated heterocycles. The van der Waals surface area contributed by atoms with Crippen LogP contribution in [0.15, 0.2) is 28.7 Å². The molecule has 1 unspecified atom stereocenters. The maximum atomic E-state index is 12.2. The number of carbonyl (C=O) groups excluding carboxylic acids is 1. The molecule has 0 aromatic heterocycles. The minimum absolute atomic E-state index is 0.284. The Balaban J connectivity index is 2.63. The smallest absolute Gasteiger partial charge is 0.323 e. The van der Waals surface area contributed by atoms with Gasteiger partial charge < -0.3 is 9.26 Å². The summed E-state index contributed by atoms with van der Waals surface area (Å²) in [7, 11) is -3.13. The largest absolute Gasteiger partial charge is 0.465 e. The van der Waals surface area contributed by atoms with Crippen molar-refractivity contribution in [2.75, 3.05) is 13.3 Å². The van der Waals surface area contributed by atoms with Crippen LogP contribution < -0.4 is 9.61 Å². The molecule has 2 atom stereocenters. The van der Waals surface area contributed by atoms with Crippen LogP contribution >= 0.6 is 23.4 Å². The number of rotatable bonds is 6. The minimum atomic E-state index is -3.13. The van der Waals surface area contributed by atoms with Crippen LogP contribution in [0.1, 0.15) is 13.8 Å². The van der Waals surface area contributed by atoms with Gasteiger partial charge >= 0.3 is 13.5 Å². The molecule has 0 saturated carbocycles. The summed E-state index contributed by atoms with van der Waals surface area (Å²) in [6, 6.07) is 6.26. The van der Waals surface area contributed by atoms with Gasteiger partial charge in [-0.1, -0.05) is 15.9 Å². The molecule has 0 spiro atoms. The van der Waals surface area contributed by atoms with Gasteiger partial charge in [0.2, 0.25) is 0 Å². The highest BCUT2D eigenvalue weighted by Gasteiger charge is 2.25. The molecule has 106 valence electrons. The van der Waals surface area contributed by atoms with E-state index in [4.69, 9.17) is 9.26 Å². The standard InChI is InChI=1S/C12H17BrNO4P/c1-4-17-12(15)9(2)14-19(3,16)18-11-7-5-10(13)6-8-11/h5-9H,4H2,1-3H3,(H,14,16)/t9-,19?/m0/s1. The van der Waals surface area contributed by atoms with Gasteiger partial charge in [-0.2, -0.15) is 0 Å². The van der Waals surface area contributed by atoms with Crippen molar-refractivity contribution < 1.29 is 18.6 Å². The maximum absolute atomic E-state index is 12.2. The van der Waals surface area contributed by atoms with Crippen LogP contribution in [0.3, 0.4) is 0 Å². The summed E-state index contributed by atoms with van der Waals surface area (Å²) in [6.07, 6.45) is 0. The first-order chi connectivity index (χ1) is 8.84. The van der Waals surface area contributed by atoms with Crippen LogP contribution in [-0.4, -0.2) is 25.3 Å². The van der Waals surface area contributed by atoms with Crippen LogP contribution in [0.2, 0.25) is 0 Å². The molecule has 0 bridgehead atoms. The third-order valence-corrected chi connectivity index (χ3v) is 4.11. The van der Waals surface area contributed by atoms with E-state index >= 15 is 0 Å². The van der Waals surface area contributed by atoms with Gasteiger partial charge in [-0.3, -0.25) is 9.36 Å². The quantitative estimate of drug-likeness (QED) is 0.631. The average molecular weight is 350 g/mol. The number of nitrogens with one attached hydrogen (secondary N) is 1. The molecule has 0 fully saturated rings. The number of halogens is 1. The summed E-state index contributed by atoms with van der Waals surface area (Å²) in [5.74, 6) is 0.0153. The molecule has 0 amide bonds. The summed E-state index contributed by atoms with van der Waals surface area (Å²) in [6.45, 7) is 5.00. The molecule has 1 rings (SSSR count). The number of ether oxygens (including phenoxy) is 1. The van der Waals surface area contributed by atoms with Crippen molar-refractivity contribution in [3.63, 3.8) is 0 Å². The lowest BCUT2D eigenvalue weighted by molar-refractivity contribution is -0.144. The monoisotopic (exact) mass is 349 g/mol. The van der Waals surface area contributed by atoms with E-state index < -0.39 is 19.5 Å². The molecule has 0 aliphatic heterocycles. The topological polar surface area (TPSA) is 64.6 Å². The number of benzene rings is 1. The lowest BCUT2D eigenvalue weighted by Crippen LogP contribution is -2.34. The Morgan fingerprint density at radius 1 is 1.42 bits per heavy atom. The molecule has 7 heteroatoms. The van der Waals surface area contributed by atoms with Gasteiger partial charge in [0.25, 0.3) is 0 Å². The first-order valence-electron chi connectivity index (χ1n) is 5.81. The maximum Gasteiger partial charge on any atom is 0.323 e. The van der Waals surface area contributed by atoms with Crippen LogP contribution in [-0.2, 0) is 14.1 Å². The van der Waals surface area contributed by atoms with Crippen LogP contribution in [0.4, 0.5) is 0 Å². The Bertz CT molecular complexity index is 477.